The Labute approximate surface area is 134 Å². The van der Waals surface area contributed by atoms with E-state index in [-0.39, 0.29) is 5.91 Å². The Morgan fingerprint density at radius 1 is 1.30 bits per heavy atom. The predicted octanol–water partition coefficient (Wildman–Crippen LogP) is 1.83. The van der Waals surface area contributed by atoms with Crippen LogP contribution in [-0.4, -0.2) is 26.8 Å². The molecule has 1 amide bonds. The largest absolute Gasteiger partial charge is 0.481 e. The van der Waals surface area contributed by atoms with Crippen LogP contribution in [0, 0.1) is 25.7 Å². The first-order valence-corrected chi connectivity index (χ1v) is 7.59. The lowest BCUT2D eigenvalue weighted by molar-refractivity contribution is -0.140. The second-order valence-corrected chi connectivity index (χ2v) is 5.97. The number of nitrogens with zero attached hydrogens (tertiary/aromatic N) is 2. The molecule has 2 N–H and O–H groups in total. The summed E-state index contributed by atoms with van der Waals surface area (Å²) >= 11 is 0. The van der Waals surface area contributed by atoms with Crippen LogP contribution in [0.2, 0.25) is 0 Å². The first-order valence-electron chi connectivity index (χ1n) is 7.59. The molecular formula is C17H19N3O3. The standard InChI is InChI=1S/C17H19N3O3/c1-10-7-11(2)20(19-10)15-6-4-3-5-12(15)9-18-16(21)13-8-14(13)17(22)23/h3-7,13-14H,8-9H2,1-2H3,(H,18,21)(H,22,23). The van der Waals surface area contributed by atoms with Crippen molar-refractivity contribution in [2.75, 3.05) is 0 Å². The molecule has 1 aromatic carbocycles. The number of nitrogens with one attached hydrogen (secondary N) is 1. The number of aliphatic carboxylic acids is 1. The Kier molecular flexibility index (Phi) is 3.90. The molecule has 0 aliphatic heterocycles. The molecule has 0 bridgehead atoms. The average molecular weight is 313 g/mol. The molecule has 23 heavy (non-hydrogen) atoms. The molecule has 120 valence electrons. The summed E-state index contributed by atoms with van der Waals surface area (Å²) in [6, 6.07) is 9.73. The molecule has 1 saturated carbocycles. The molecular weight excluding hydrogens is 294 g/mol. The van der Waals surface area contributed by atoms with Crippen molar-refractivity contribution in [1.82, 2.24) is 15.1 Å². The van der Waals surface area contributed by atoms with Gasteiger partial charge in [0.2, 0.25) is 5.91 Å². The van der Waals surface area contributed by atoms with Crippen molar-refractivity contribution in [2.24, 2.45) is 11.8 Å². The van der Waals surface area contributed by atoms with Crippen molar-refractivity contribution in [3.8, 4) is 5.69 Å². The minimum Gasteiger partial charge on any atom is -0.481 e. The summed E-state index contributed by atoms with van der Waals surface area (Å²) in [7, 11) is 0. The van der Waals surface area contributed by atoms with Crippen molar-refractivity contribution < 1.29 is 14.7 Å². The lowest BCUT2D eigenvalue weighted by Gasteiger charge is -2.12. The van der Waals surface area contributed by atoms with Crippen molar-refractivity contribution in [1.29, 1.82) is 0 Å². The Morgan fingerprint density at radius 2 is 2.04 bits per heavy atom. The Hall–Kier alpha value is -2.63. The number of aromatic nitrogens is 2. The van der Waals surface area contributed by atoms with Gasteiger partial charge < -0.3 is 10.4 Å². The highest BCUT2D eigenvalue weighted by Crippen LogP contribution is 2.38. The first-order chi connectivity index (χ1) is 11.0. The van der Waals surface area contributed by atoms with E-state index < -0.39 is 17.8 Å². The number of hydrogen-bond donors (Lipinski definition) is 2. The van der Waals surface area contributed by atoms with Crippen LogP contribution in [0.15, 0.2) is 30.3 Å². The number of carbonyl (C=O) groups is 2. The van der Waals surface area contributed by atoms with E-state index in [1.165, 1.54) is 0 Å². The molecule has 1 aromatic heterocycles. The van der Waals surface area contributed by atoms with Gasteiger partial charge >= 0.3 is 5.97 Å². The molecule has 0 radical (unpaired) electrons. The fourth-order valence-electron chi connectivity index (χ4n) is 2.81. The molecule has 1 aliphatic carbocycles. The Balaban J connectivity index is 1.73. The van der Waals surface area contributed by atoms with E-state index in [1.54, 1.807) is 0 Å². The molecule has 1 heterocycles. The van der Waals surface area contributed by atoms with E-state index in [1.807, 2.05) is 48.9 Å². The van der Waals surface area contributed by atoms with Gasteiger partial charge in [-0.25, -0.2) is 4.68 Å². The van der Waals surface area contributed by atoms with Crippen LogP contribution in [0.5, 0.6) is 0 Å². The van der Waals surface area contributed by atoms with E-state index in [9.17, 15) is 9.59 Å². The molecule has 3 rings (SSSR count). The van der Waals surface area contributed by atoms with Gasteiger partial charge in [-0.15, -0.1) is 0 Å². The smallest absolute Gasteiger partial charge is 0.307 e. The molecule has 6 heteroatoms. The summed E-state index contributed by atoms with van der Waals surface area (Å²) in [6.07, 6.45) is 0.431. The zero-order valence-electron chi connectivity index (χ0n) is 13.1. The van der Waals surface area contributed by atoms with Crippen LogP contribution >= 0.6 is 0 Å². The summed E-state index contributed by atoms with van der Waals surface area (Å²) in [5.74, 6) is -2.01. The number of benzene rings is 1. The average Bonchev–Trinajstić information content (AvgIpc) is 3.25. The summed E-state index contributed by atoms with van der Waals surface area (Å²) in [5.41, 5.74) is 3.82. The van der Waals surface area contributed by atoms with Gasteiger partial charge in [-0.3, -0.25) is 9.59 Å². The SMILES string of the molecule is Cc1cc(C)n(-c2ccccc2CNC(=O)C2CC2C(=O)O)n1. The summed E-state index contributed by atoms with van der Waals surface area (Å²) in [5, 5.41) is 16.2. The van der Waals surface area contributed by atoms with E-state index in [4.69, 9.17) is 5.11 Å². The molecule has 1 fully saturated rings. The number of carbonyl (C=O) groups excluding carboxylic acids is 1. The minimum atomic E-state index is -0.895. The number of aryl methyl sites for hydroxylation is 2. The van der Waals surface area contributed by atoms with Crippen molar-refractivity contribution in [2.45, 2.75) is 26.8 Å². The topological polar surface area (TPSA) is 84.2 Å². The number of rotatable bonds is 5. The monoisotopic (exact) mass is 313 g/mol. The van der Waals surface area contributed by atoms with Gasteiger partial charge in [0.05, 0.1) is 23.2 Å². The lowest BCUT2D eigenvalue weighted by atomic mass is 10.1. The van der Waals surface area contributed by atoms with Crippen LogP contribution in [0.4, 0.5) is 0 Å². The van der Waals surface area contributed by atoms with Gasteiger partial charge in [0.1, 0.15) is 0 Å². The number of carboxylic acid groups (broad SMARTS) is 1. The predicted molar refractivity (Wildman–Crippen MR) is 84.1 cm³/mol. The third-order valence-electron chi connectivity index (χ3n) is 4.13. The number of hydrogen-bond acceptors (Lipinski definition) is 3. The van der Waals surface area contributed by atoms with Crippen LogP contribution < -0.4 is 5.32 Å². The maximum absolute atomic E-state index is 12.0. The van der Waals surface area contributed by atoms with Gasteiger partial charge in [0.25, 0.3) is 0 Å². The van der Waals surface area contributed by atoms with E-state index in [0.29, 0.717) is 13.0 Å². The number of amides is 1. The summed E-state index contributed by atoms with van der Waals surface area (Å²) < 4.78 is 1.86. The van der Waals surface area contributed by atoms with E-state index in [2.05, 4.69) is 10.4 Å². The van der Waals surface area contributed by atoms with Crippen molar-refractivity contribution in [3.63, 3.8) is 0 Å². The first kappa shape index (κ1) is 15.3. The molecule has 6 nitrogen and oxygen atoms in total. The Morgan fingerprint density at radius 3 is 2.65 bits per heavy atom. The Bertz CT molecular complexity index is 766. The van der Waals surface area contributed by atoms with Crippen LogP contribution in [0.25, 0.3) is 5.69 Å². The second kappa shape index (κ2) is 5.87. The highest BCUT2D eigenvalue weighted by Gasteiger charge is 2.48. The molecule has 2 unspecified atom stereocenters. The van der Waals surface area contributed by atoms with Crippen molar-refractivity contribution in [3.05, 3.63) is 47.3 Å². The molecule has 1 aliphatic rings. The third-order valence-corrected chi connectivity index (χ3v) is 4.13. The fraction of sp³-hybridized carbons (Fsp3) is 0.353. The zero-order chi connectivity index (χ0) is 16.6. The molecule has 2 atom stereocenters. The van der Waals surface area contributed by atoms with E-state index >= 15 is 0 Å². The van der Waals surface area contributed by atoms with Gasteiger partial charge in [0.15, 0.2) is 0 Å². The normalized spacial score (nSPS) is 19.4. The van der Waals surface area contributed by atoms with Crippen LogP contribution in [0.3, 0.4) is 0 Å². The minimum absolute atomic E-state index is 0.194. The maximum atomic E-state index is 12.0. The second-order valence-electron chi connectivity index (χ2n) is 5.97. The highest BCUT2D eigenvalue weighted by molar-refractivity contribution is 5.89. The lowest BCUT2D eigenvalue weighted by Crippen LogP contribution is -2.26. The fourth-order valence-corrected chi connectivity index (χ4v) is 2.81. The summed E-state index contributed by atoms with van der Waals surface area (Å²) in [4.78, 5) is 22.9. The van der Waals surface area contributed by atoms with Gasteiger partial charge in [-0.1, -0.05) is 18.2 Å². The highest BCUT2D eigenvalue weighted by atomic mass is 16.4. The number of carboxylic acids is 1. The third kappa shape index (κ3) is 3.11. The van der Waals surface area contributed by atoms with Crippen LogP contribution in [0.1, 0.15) is 23.4 Å². The molecule has 2 aromatic rings. The van der Waals surface area contributed by atoms with E-state index in [0.717, 1.165) is 22.6 Å². The zero-order valence-corrected chi connectivity index (χ0v) is 13.1. The van der Waals surface area contributed by atoms with Crippen LogP contribution in [-0.2, 0) is 16.1 Å². The van der Waals surface area contributed by atoms with Gasteiger partial charge in [0, 0.05) is 12.2 Å². The van der Waals surface area contributed by atoms with Crippen molar-refractivity contribution >= 4 is 11.9 Å². The number of para-hydroxylation sites is 1. The molecule has 0 saturated heterocycles. The van der Waals surface area contributed by atoms with Gasteiger partial charge in [-0.2, -0.15) is 5.10 Å². The van der Waals surface area contributed by atoms with Gasteiger partial charge in [-0.05, 0) is 38.0 Å². The quantitative estimate of drug-likeness (QED) is 0.882. The maximum Gasteiger partial charge on any atom is 0.307 e. The summed E-state index contributed by atoms with van der Waals surface area (Å²) in [6.45, 7) is 4.28. The molecule has 0 spiro atoms.